The minimum Gasteiger partial charge on any atom is -0.369 e. The van der Waals surface area contributed by atoms with E-state index < -0.39 is 17.4 Å². The largest absolute Gasteiger partial charge is 0.416 e. The van der Waals surface area contributed by atoms with Crippen molar-refractivity contribution in [1.82, 2.24) is 15.2 Å². The zero-order valence-corrected chi connectivity index (χ0v) is 20.9. The average Bonchev–Trinajstić information content (AvgIpc) is 3.25. The van der Waals surface area contributed by atoms with Gasteiger partial charge in [0.1, 0.15) is 0 Å². The van der Waals surface area contributed by atoms with Crippen LogP contribution in [0, 0.1) is 0 Å². The molecule has 1 amide bonds. The van der Waals surface area contributed by atoms with Crippen LogP contribution >= 0.6 is 0 Å². The summed E-state index contributed by atoms with van der Waals surface area (Å²) in [5.74, 6) is -0.250. The van der Waals surface area contributed by atoms with Gasteiger partial charge in [0.25, 0.3) is 5.91 Å². The molecule has 9 heteroatoms. The molecule has 6 nitrogen and oxygen atoms in total. The Balaban J connectivity index is 1.31. The molecule has 0 saturated carbocycles. The molecule has 1 fully saturated rings. The van der Waals surface area contributed by atoms with Gasteiger partial charge in [-0.05, 0) is 48.9 Å². The third-order valence-electron chi connectivity index (χ3n) is 6.96. The molecule has 1 unspecified atom stereocenters. The van der Waals surface area contributed by atoms with Gasteiger partial charge < -0.3 is 10.2 Å². The number of halogens is 3. The van der Waals surface area contributed by atoms with Crippen molar-refractivity contribution in [2.24, 2.45) is 4.99 Å². The fourth-order valence-electron chi connectivity index (χ4n) is 4.89. The molecular formula is C29H28F3N5O. The SMILES string of the molecule is CC1=NC(NC(=O)c2ccncc2)(c2ccccc2)C=C1CN1CCN(c2cccc(C(F)(F)F)c2)CC1. The lowest BCUT2D eigenvalue weighted by Crippen LogP contribution is -2.47. The molecule has 3 aromatic rings. The molecule has 1 N–H and O–H groups in total. The molecule has 2 aromatic carbocycles. The summed E-state index contributed by atoms with van der Waals surface area (Å²) in [5, 5.41) is 3.12. The van der Waals surface area contributed by atoms with Crippen LogP contribution in [0.15, 0.2) is 95.8 Å². The first-order valence-electron chi connectivity index (χ1n) is 12.4. The van der Waals surface area contributed by atoms with Gasteiger partial charge in [0.05, 0.1) is 5.56 Å². The summed E-state index contributed by atoms with van der Waals surface area (Å²) in [4.78, 5) is 26.3. The van der Waals surface area contributed by atoms with Crippen LogP contribution in [0.3, 0.4) is 0 Å². The van der Waals surface area contributed by atoms with E-state index in [1.807, 2.05) is 48.2 Å². The second kappa shape index (κ2) is 10.4. The first-order chi connectivity index (χ1) is 18.2. The van der Waals surface area contributed by atoms with Gasteiger partial charge in [-0.3, -0.25) is 19.7 Å². The van der Waals surface area contributed by atoms with Crippen molar-refractivity contribution in [3.8, 4) is 0 Å². The maximum atomic E-state index is 13.1. The Bertz CT molecular complexity index is 1350. The van der Waals surface area contributed by atoms with E-state index in [2.05, 4.69) is 15.2 Å². The van der Waals surface area contributed by atoms with Gasteiger partial charge >= 0.3 is 6.18 Å². The summed E-state index contributed by atoms with van der Waals surface area (Å²) in [7, 11) is 0. The van der Waals surface area contributed by atoms with Gasteiger partial charge in [0, 0.05) is 67.6 Å². The predicted octanol–water partition coefficient (Wildman–Crippen LogP) is 4.91. The van der Waals surface area contributed by atoms with Crippen LogP contribution in [0.25, 0.3) is 0 Å². The highest BCUT2D eigenvalue weighted by atomic mass is 19.4. The number of anilines is 1. The second-order valence-electron chi connectivity index (χ2n) is 9.50. The Morgan fingerprint density at radius 3 is 2.37 bits per heavy atom. The van der Waals surface area contributed by atoms with E-state index in [0.29, 0.717) is 44.0 Å². The van der Waals surface area contributed by atoms with Gasteiger partial charge in [0.15, 0.2) is 5.66 Å². The molecule has 1 saturated heterocycles. The summed E-state index contributed by atoms with van der Waals surface area (Å²) in [6.07, 6.45) is 0.804. The number of rotatable bonds is 6. The highest BCUT2D eigenvalue weighted by Crippen LogP contribution is 2.34. The second-order valence-corrected chi connectivity index (χ2v) is 9.50. The smallest absolute Gasteiger partial charge is 0.369 e. The van der Waals surface area contributed by atoms with Crippen LogP contribution in [0.5, 0.6) is 0 Å². The van der Waals surface area contributed by atoms with Crippen LogP contribution in [-0.4, -0.2) is 54.2 Å². The summed E-state index contributed by atoms with van der Waals surface area (Å²) >= 11 is 0. The lowest BCUT2D eigenvalue weighted by molar-refractivity contribution is -0.137. The topological polar surface area (TPSA) is 60.8 Å². The highest BCUT2D eigenvalue weighted by Gasteiger charge is 2.37. The zero-order chi connectivity index (χ0) is 26.8. The number of nitrogens with one attached hydrogen (secondary N) is 1. The van der Waals surface area contributed by atoms with Crippen LogP contribution in [0.4, 0.5) is 18.9 Å². The molecule has 0 radical (unpaired) electrons. The Morgan fingerprint density at radius 1 is 0.974 bits per heavy atom. The van der Waals surface area contributed by atoms with Gasteiger partial charge in [-0.1, -0.05) is 36.4 Å². The fraction of sp³-hybridized carbons (Fsp3) is 0.276. The van der Waals surface area contributed by atoms with Gasteiger partial charge in [-0.15, -0.1) is 0 Å². The van der Waals surface area contributed by atoms with Gasteiger partial charge in [-0.25, -0.2) is 0 Å². The molecular weight excluding hydrogens is 491 g/mol. The quantitative estimate of drug-likeness (QED) is 0.503. The number of pyridine rings is 1. The Hall–Kier alpha value is -3.98. The summed E-state index contributed by atoms with van der Waals surface area (Å²) in [6.45, 7) is 5.20. The van der Waals surface area contributed by atoms with E-state index in [4.69, 9.17) is 4.99 Å². The molecule has 0 spiro atoms. The lowest BCUT2D eigenvalue weighted by atomic mass is 9.98. The first-order valence-corrected chi connectivity index (χ1v) is 12.4. The number of alkyl halides is 3. The Morgan fingerprint density at radius 2 is 1.68 bits per heavy atom. The van der Waals surface area contributed by atoms with Crippen molar-refractivity contribution < 1.29 is 18.0 Å². The molecule has 196 valence electrons. The van der Waals surface area contributed by atoms with Gasteiger partial charge in [-0.2, -0.15) is 13.2 Å². The van der Waals surface area contributed by atoms with E-state index in [-0.39, 0.29) is 5.91 Å². The number of hydrogen-bond acceptors (Lipinski definition) is 5. The van der Waals surface area contributed by atoms with Crippen LogP contribution in [-0.2, 0) is 11.8 Å². The molecule has 2 aliphatic rings. The number of hydrogen-bond donors (Lipinski definition) is 1. The van der Waals surface area contributed by atoms with E-state index in [1.165, 1.54) is 12.1 Å². The molecule has 38 heavy (non-hydrogen) atoms. The fourth-order valence-corrected chi connectivity index (χ4v) is 4.89. The average molecular weight is 520 g/mol. The highest BCUT2D eigenvalue weighted by molar-refractivity contribution is 6.02. The van der Waals surface area contributed by atoms with Crippen molar-refractivity contribution in [3.63, 3.8) is 0 Å². The summed E-state index contributed by atoms with van der Waals surface area (Å²) in [5.41, 5.74) is 2.12. The minimum absolute atomic E-state index is 0.250. The van der Waals surface area contributed by atoms with E-state index in [0.717, 1.165) is 22.9 Å². The monoisotopic (exact) mass is 519 g/mol. The molecule has 1 aromatic heterocycles. The molecule has 0 aliphatic carbocycles. The van der Waals surface area contributed by atoms with Gasteiger partial charge in [0.2, 0.25) is 0 Å². The molecule has 5 rings (SSSR count). The van der Waals surface area contributed by atoms with E-state index in [9.17, 15) is 18.0 Å². The minimum atomic E-state index is -4.36. The third-order valence-corrected chi connectivity index (χ3v) is 6.96. The third kappa shape index (κ3) is 5.47. The van der Waals surface area contributed by atoms with Crippen molar-refractivity contribution >= 4 is 17.3 Å². The zero-order valence-electron chi connectivity index (χ0n) is 20.9. The van der Waals surface area contributed by atoms with Crippen LogP contribution in [0.2, 0.25) is 0 Å². The standard InChI is InChI=1S/C29H28F3N5O/c1-21-23(20-36-14-16-37(17-15-36)26-9-5-8-25(18-26)29(30,31)32)19-28(34-21,24-6-3-2-4-7-24)35-27(38)22-10-12-33-13-11-22/h2-13,18-19H,14-17,20H2,1H3,(H,35,38). The molecule has 1 atom stereocenters. The number of carbonyl (C=O) groups is 1. The summed E-state index contributed by atoms with van der Waals surface area (Å²) < 4.78 is 39.4. The van der Waals surface area contributed by atoms with Crippen LogP contribution < -0.4 is 10.2 Å². The molecule has 3 heterocycles. The van der Waals surface area contributed by atoms with Crippen molar-refractivity contribution in [2.45, 2.75) is 18.8 Å². The first kappa shape index (κ1) is 25.7. The van der Waals surface area contributed by atoms with Crippen LogP contribution in [0.1, 0.15) is 28.4 Å². The van der Waals surface area contributed by atoms with E-state index in [1.54, 1.807) is 30.6 Å². The molecule has 2 aliphatic heterocycles. The number of benzene rings is 2. The predicted molar refractivity (Wildman–Crippen MR) is 141 cm³/mol. The maximum Gasteiger partial charge on any atom is 0.416 e. The summed E-state index contributed by atoms with van der Waals surface area (Å²) in [6, 6.07) is 18.4. The maximum absolute atomic E-state index is 13.1. The normalized spacial score (nSPS) is 20.2. The number of nitrogens with zero attached hydrogens (tertiary/aromatic N) is 4. The number of aliphatic imine (C=N–C) groups is 1. The molecule has 0 bridgehead atoms. The number of amides is 1. The van der Waals surface area contributed by atoms with Crippen molar-refractivity contribution in [1.29, 1.82) is 0 Å². The van der Waals surface area contributed by atoms with Crippen molar-refractivity contribution in [3.05, 3.63) is 107 Å². The number of piperazine rings is 1. The lowest BCUT2D eigenvalue weighted by Gasteiger charge is -2.36. The number of aromatic nitrogens is 1. The van der Waals surface area contributed by atoms with E-state index >= 15 is 0 Å². The Kier molecular flexibility index (Phi) is 7.03. The Labute approximate surface area is 219 Å². The van der Waals surface area contributed by atoms with Crippen molar-refractivity contribution in [2.75, 3.05) is 37.6 Å². The number of carbonyl (C=O) groups excluding carboxylic acids is 1.